The second-order valence-corrected chi connectivity index (χ2v) is 5.09. The Morgan fingerprint density at radius 2 is 1.88 bits per heavy atom. The zero-order valence-electron chi connectivity index (χ0n) is 10.7. The van der Waals surface area contributed by atoms with Crippen molar-refractivity contribution < 1.29 is 4.74 Å². The van der Waals surface area contributed by atoms with E-state index in [4.69, 9.17) is 4.74 Å². The zero-order chi connectivity index (χ0) is 12.1. The quantitative estimate of drug-likeness (QED) is 0.507. The summed E-state index contributed by atoms with van der Waals surface area (Å²) in [7, 11) is 0. The van der Waals surface area contributed by atoms with E-state index in [2.05, 4.69) is 43.8 Å². The lowest BCUT2D eigenvalue weighted by atomic mass is 10.0. The Kier molecular flexibility index (Phi) is 4.38. The summed E-state index contributed by atoms with van der Waals surface area (Å²) in [5, 5.41) is 0. The van der Waals surface area contributed by atoms with E-state index < -0.39 is 0 Å². The number of allylic oxidation sites excluding steroid dienone is 1. The molecule has 0 bridgehead atoms. The average molecular weight is 230 g/mol. The normalized spacial score (nSPS) is 22.4. The van der Waals surface area contributed by atoms with Crippen LogP contribution in [-0.4, -0.2) is 12.2 Å². The molecule has 1 nitrogen and oxygen atoms in total. The Morgan fingerprint density at radius 3 is 2.59 bits per heavy atom. The molecule has 1 aliphatic rings. The second kappa shape index (κ2) is 6.02. The molecule has 1 aromatic carbocycles. The smallest absolute Gasteiger partial charge is 0.0845 e. The van der Waals surface area contributed by atoms with Gasteiger partial charge >= 0.3 is 0 Å². The van der Waals surface area contributed by atoms with Crippen molar-refractivity contribution in [1.29, 1.82) is 0 Å². The van der Waals surface area contributed by atoms with Crippen molar-refractivity contribution in [2.75, 3.05) is 0 Å². The van der Waals surface area contributed by atoms with Crippen LogP contribution in [0.15, 0.2) is 42.5 Å². The lowest BCUT2D eigenvalue weighted by Crippen LogP contribution is -1.96. The first-order valence-corrected chi connectivity index (χ1v) is 6.59. The Bertz CT molecular complexity index is 355. The molecule has 2 unspecified atom stereocenters. The molecule has 1 heterocycles. The van der Waals surface area contributed by atoms with Gasteiger partial charge in [-0.15, -0.1) is 6.58 Å². The molecule has 1 heteroatoms. The highest BCUT2D eigenvalue weighted by Gasteiger charge is 2.36. The molecule has 0 aliphatic carbocycles. The molecule has 0 N–H and O–H groups in total. The van der Waals surface area contributed by atoms with Crippen molar-refractivity contribution in [2.45, 2.75) is 51.2 Å². The molecule has 2 rings (SSSR count). The highest BCUT2D eigenvalue weighted by atomic mass is 16.6. The molecule has 0 spiro atoms. The van der Waals surface area contributed by atoms with Crippen LogP contribution in [0.1, 0.15) is 38.2 Å². The highest BCUT2D eigenvalue weighted by Crippen LogP contribution is 2.31. The molecule has 17 heavy (non-hydrogen) atoms. The Labute approximate surface area is 104 Å². The minimum absolute atomic E-state index is 0.516. The van der Waals surface area contributed by atoms with E-state index in [1.807, 2.05) is 0 Å². The summed E-state index contributed by atoms with van der Waals surface area (Å²) in [5.41, 5.74) is 2.70. The Balaban J connectivity index is 1.57. The van der Waals surface area contributed by atoms with Crippen LogP contribution < -0.4 is 0 Å². The number of epoxide rings is 1. The van der Waals surface area contributed by atoms with Gasteiger partial charge in [-0.05, 0) is 44.6 Å². The van der Waals surface area contributed by atoms with Gasteiger partial charge in [0.25, 0.3) is 0 Å². The van der Waals surface area contributed by atoms with E-state index in [0.717, 1.165) is 12.8 Å². The maximum atomic E-state index is 5.66. The summed E-state index contributed by atoms with van der Waals surface area (Å²) < 4.78 is 5.66. The minimum Gasteiger partial charge on any atom is -0.370 e. The minimum atomic E-state index is 0.516. The van der Waals surface area contributed by atoms with Crippen LogP contribution >= 0.6 is 0 Å². The van der Waals surface area contributed by atoms with Crippen LogP contribution in [0.5, 0.6) is 0 Å². The SMILES string of the molecule is C=C(C)CCC1OC1CCCc1ccccc1. The van der Waals surface area contributed by atoms with Gasteiger partial charge in [-0.25, -0.2) is 0 Å². The fourth-order valence-electron chi connectivity index (χ4n) is 2.23. The summed E-state index contributed by atoms with van der Waals surface area (Å²) in [4.78, 5) is 0. The Morgan fingerprint density at radius 1 is 1.18 bits per heavy atom. The van der Waals surface area contributed by atoms with Crippen LogP contribution in [0.4, 0.5) is 0 Å². The third kappa shape index (κ3) is 4.35. The third-order valence-corrected chi connectivity index (χ3v) is 3.34. The van der Waals surface area contributed by atoms with Crippen LogP contribution in [0.2, 0.25) is 0 Å². The monoisotopic (exact) mass is 230 g/mol. The van der Waals surface area contributed by atoms with E-state index in [1.165, 1.54) is 30.4 Å². The van der Waals surface area contributed by atoms with E-state index in [1.54, 1.807) is 0 Å². The fourth-order valence-corrected chi connectivity index (χ4v) is 2.23. The molecular formula is C16H22O. The third-order valence-electron chi connectivity index (χ3n) is 3.34. The first kappa shape index (κ1) is 12.4. The van der Waals surface area contributed by atoms with Crippen molar-refractivity contribution in [2.24, 2.45) is 0 Å². The summed E-state index contributed by atoms with van der Waals surface area (Å²) in [6.07, 6.45) is 6.92. The molecule has 2 atom stereocenters. The number of hydrogen-bond donors (Lipinski definition) is 0. The van der Waals surface area contributed by atoms with Gasteiger partial charge in [0.15, 0.2) is 0 Å². The fraction of sp³-hybridized carbons (Fsp3) is 0.500. The van der Waals surface area contributed by atoms with Gasteiger partial charge in [-0.3, -0.25) is 0 Å². The van der Waals surface area contributed by atoms with Crippen molar-refractivity contribution >= 4 is 0 Å². The molecule has 0 amide bonds. The molecule has 0 radical (unpaired) electrons. The van der Waals surface area contributed by atoms with Gasteiger partial charge in [0.1, 0.15) is 0 Å². The first-order valence-electron chi connectivity index (χ1n) is 6.59. The van der Waals surface area contributed by atoms with E-state index in [9.17, 15) is 0 Å². The highest BCUT2D eigenvalue weighted by molar-refractivity contribution is 5.14. The second-order valence-electron chi connectivity index (χ2n) is 5.09. The maximum absolute atomic E-state index is 5.66. The molecule has 1 saturated heterocycles. The van der Waals surface area contributed by atoms with Gasteiger partial charge in [0.2, 0.25) is 0 Å². The molecule has 92 valence electrons. The largest absolute Gasteiger partial charge is 0.370 e. The van der Waals surface area contributed by atoms with Crippen LogP contribution in [-0.2, 0) is 11.2 Å². The number of rotatable bonds is 7. The van der Waals surface area contributed by atoms with Crippen molar-refractivity contribution in [1.82, 2.24) is 0 Å². The van der Waals surface area contributed by atoms with Crippen molar-refractivity contribution in [3.05, 3.63) is 48.0 Å². The molecule has 0 aromatic heterocycles. The van der Waals surface area contributed by atoms with Gasteiger partial charge in [-0.1, -0.05) is 35.9 Å². The zero-order valence-corrected chi connectivity index (χ0v) is 10.7. The summed E-state index contributed by atoms with van der Waals surface area (Å²) in [6, 6.07) is 10.7. The van der Waals surface area contributed by atoms with Crippen molar-refractivity contribution in [3.8, 4) is 0 Å². The van der Waals surface area contributed by atoms with E-state index in [-0.39, 0.29) is 0 Å². The summed E-state index contributed by atoms with van der Waals surface area (Å²) in [6.45, 7) is 6.02. The lowest BCUT2D eigenvalue weighted by Gasteiger charge is -1.99. The van der Waals surface area contributed by atoms with Crippen LogP contribution in [0.3, 0.4) is 0 Å². The molecular weight excluding hydrogens is 208 g/mol. The summed E-state index contributed by atoms with van der Waals surface area (Å²) >= 11 is 0. The maximum Gasteiger partial charge on any atom is 0.0845 e. The number of ether oxygens (including phenoxy) is 1. The predicted octanol–water partition coefficient (Wildman–Crippen LogP) is 4.13. The number of hydrogen-bond acceptors (Lipinski definition) is 1. The lowest BCUT2D eigenvalue weighted by molar-refractivity contribution is 0.353. The average Bonchev–Trinajstić information content (AvgIpc) is 3.07. The van der Waals surface area contributed by atoms with Gasteiger partial charge in [0.05, 0.1) is 12.2 Å². The summed E-state index contributed by atoms with van der Waals surface area (Å²) in [5.74, 6) is 0. The van der Waals surface area contributed by atoms with Crippen LogP contribution in [0, 0.1) is 0 Å². The number of benzene rings is 1. The van der Waals surface area contributed by atoms with Gasteiger partial charge < -0.3 is 4.74 Å². The topological polar surface area (TPSA) is 12.5 Å². The van der Waals surface area contributed by atoms with Crippen LogP contribution in [0.25, 0.3) is 0 Å². The standard InChI is InChI=1S/C16H22O/c1-13(2)11-12-16-15(17-16)10-6-9-14-7-4-3-5-8-14/h3-5,7-8,15-16H,1,6,9-12H2,2H3. The predicted molar refractivity (Wildman–Crippen MR) is 72.1 cm³/mol. The van der Waals surface area contributed by atoms with E-state index >= 15 is 0 Å². The molecule has 0 saturated carbocycles. The first-order chi connectivity index (χ1) is 8.25. The van der Waals surface area contributed by atoms with Gasteiger partial charge in [-0.2, -0.15) is 0 Å². The molecule has 1 aliphatic heterocycles. The van der Waals surface area contributed by atoms with E-state index in [0.29, 0.717) is 12.2 Å². The van der Waals surface area contributed by atoms with Crippen molar-refractivity contribution in [3.63, 3.8) is 0 Å². The Hall–Kier alpha value is -1.08. The van der Waals surface area contributed by atoms with Gasteiger partial charge in [0, 0.05) is 0 Å². The molecule has 1 fully saturated rings. The molecule has 1 aromatic rings. The number of aryl methyl sites for hydroxylation is 1.